The van der Waals surface area contributed by atoms with Gasteiger partial charge >= 0.3 is 11.7 Å². The Hall–Kier alpha value is -4.72. The summed E-state index contributed by atoms with van der Waals surface area (Å²) < 4.78 is 37.2. The molecule has 3 aromatic heterocycles. The van der Waals surface area contributed by atoms with Gasteiger partial charge in [0.2, 0.25) is 0 Å². The molecular weight excluding hydrogens is 590 g/mol. The van der Waals surface area contributed by atoms with Gasteiger partial charge in [-0.15, -0.1) is 11.3 Å². The van der Waals surface area contributed by atoms with E-state index < -0.39 is 35.5 Å². The molecule has 0 aliphatic rings. The molecule has 44 heavy (non-hydrogen) atoms. The number of methoxy groups -OCH3 is 1. The molecule has 5 aromatic rings. The maximum Gasteiger partial charge on any atom is 0.338 e. The fourth-order valence-corrected chi connectivity index (χ4v) is 6.17. The summed E-state index contributed by atoms with van der Waals surface area (Å²) in [5, 5.41) is 2.75. The van der Waals surface area contributed by atoms with Crippen LogP contribution in [0.15, 0.2) is 70.4 Å². The van der Waals surface area contributed by atoms with Gasteiger partial charge < -0.3 is 15.8 Å². The van der Waals surface area contributed by atoms with Crippen LogP contribution in [0.1, 0.15) is 16.7 Å². The monoisotopic (exact) mass is 620 g/mol. The lowest BCUT2D eigenvalue weighted by molar-refractivity contribution is 0.159. The van der Waals surface area contributed by atoms with E-state index in [1.54, 1.807) is 43.5 Å². The second-order valence-corrected chi connectivity index (χ2v) is 11.3. The molecule has 13 heteroatoms. The molecule has 0 atom stereocenters. The standard InChI is InChI=1S/C31H30F2N6O4S/c1-18-7-12-25(35-15-18)39-28(40)26-22(16-37(2)13-14-43-3)27(19-8-10-20(11-9-19)36-30(34)41)44-29(26)38(31(39)42)17-21-23(32)5-4-6-24(21)33/h4-12,15H,13-14,16-17H2,1-3H3,(H3,34,36,41). The summed E-state index contributed by atoms with van der Waals surface area (Å²) in [6.07, 6.45) is 1.53. The number of likely N-dealkylation sites (N-methyl/N-ethyl adjacent to an activating group) is 1. The second-order valence-electron chi connectivity index (χ2n) is 10.3. The minimum Gasteiger partial charge on any atom is -0.383 e. The molecule has 3 N–H and O–H groups in total. The Bertz CT molecular complexity index is 1930. The molecule has 2 amide bonds. The van der Waals surface area contributed by atoms with Crippen LogP contribution in [0.25, 0.3) is 26.5 Å². The Morgan fingerprint density at radius 2 is 1.77 bits per heavy atom. The molecule has 0 aliphatic carbocycles. The summed E-state index contributed by atoms with van der Waals surface area (Å²) >= 11 is 1.17. The van der Waals surface area contributed by atoms with Crippen LogP contribution in [-0.4, -0.2) is 52.4 Å². The van der Waals surface area contributed by atoms with E-state index in [1.165, 1.54) is 28.2 Å². The lowest BCUT2D eigenvalue weighted by Crippen LogP contribution is -2.39. The Morgan fingerprint density at radius 1 is 1.07 bits per heavy atom. The Labute approximate surface area is 255 Å². The van der Waals surface area contributed by atoms with E-state index in [2.05, 4.69) is 10.3 Å². The molecule has 10 nitrogen and oxygen atoms in total. The van der Waals surface area contributed by atoms with Gasteiger partial charge in [0, 0.05) is 42.5 Å². The van der Waals surface area contributed by atoms with Crippen molar-refractivity contribution in [3.8, 4) is 16.3 Å². The third kappa shape index (κ3) is 6.16. The number of carbonyl (C=O) groups excluding carboxylic acids is 1. The first kappa shape index (κ1) is 30.7. The van der Waals surface area contributed by atoms with Crippen LogP contribution < -0.4 is 22.3 Å². The first-order valence-corrected chi connectivity index (χ1v) is 14.4. The van der Waals surface area contributed by atoms with Gasteiger partial charge in [-0.2, -0.15) is 0 Å². The fourth-order valence-electron chi connectivity index (χ4n) is 4.87. The average molecular weight is 621 g/mol. The summed E-state index contributed by atoms with van der Waals surface area (Å²) in [6, 6.07) is 12.9. The van der Waals surface area contributed by atoms with E-state index in [-0.39, 0.29) is 21.6 Å². The van der Waals surface area contributed by atoms with Crippen LogP contribution in [0.2, 0.25) is 0 Å². The van der Waals surface area contributed by atoms with Crippen LogP contribution >= 0.6 is 11.3 Å². The number of hydrogen-bond acceptors (Lipinski definition) is 7. The summed E-state index contributed by atoms with van der Waals surface area (Å²) in [5.41, 5.74) is 6.17. The zero-order valence-electron chi connectivity index (χ0n) is 24.3. The number of halogens is 2. The number of aromatic nitrogens is 3. The number of amides is 2. The minimum absolute atomic E-state index is 0.0866. The van der Waals surface area contributed by atoms with Crippen molar-refractivity contribution >= 4 is 33.3 Å². The number of thiophene rings is 1. The topological polar surface area (TPSA) is 124 Å². The number of aryl methyl sites for hydroxylation is 1. The molecule has 5 rings (SSSR count). The number of rotatable bonds is 10. The van der Waals surface area contributed by atoms with Crippen molar-refractivity contribution in [2.75, 3.05) is 32.6 Å². The van der Waals surface area contributed by atoms with Gasteiger partial charge in [-0.1, -0.05) is 24.3 Å². The Kier molecular flexibility index (Phi) is 8.99. The number of nitrogens with two attached hydrogens (primary N) is 1. The zero-order valence-corrected chi connectivity index (χ0v) is 25.1. The minimum atomic E-state index is -0.815. The Balaban J connectivity index is 1.83. The van der Waals surface area contributed by atoms with Crippen molar-refractivity contribution in [3.05, 3.63) is 110 Å². The quantitative estimate of drug-likeness (QED) is 0.237. The van der Waals surface area contributed by atoms with E-state index in [9.17, 15) is 23.2 Å². The molecule has 3 heterocycles. The van der Waals surface area contributed by atoms with Crippen LogP contribution in [0.4, 0.5) is 19.3 Å². The van der Waals surface area contributed by atoms with Gasteiger partial charge in [0.05, 0.1) is 18.5 Å². The van der Waals surface area contributed by atoms with Crippen molar-refractivity contribution in [2.24, 2.45) is 5.73 Å². The summed E-state index contributed by atoms with van der Waals surface area (Å²) in [7, 11) is 3.46. The van der Waals surface area contributed by atoms with Crippen LogP contribution in [0, 0.1) is 18.6 Å². The maximum atomic E-state index is 14.9. The third-order valence-corrected chi connectivity index (χ3v) is 8.40. The predicted octanol–water partition coefficient (Wildman–Crippen LogP) is 4.48. The summed E-state index contributed by atoms with van der Waals surface area (Å²) in [5.74, 6) is -1.54. The average Bonchev–Trinajstić information content (AvgIpc) is 3.35. The highest BCUT2D eigenvalue weighted by Crippen LogP contribution is 2.38. The van der Waals surface area contributed by atoms with Gasteiger partial charge in [0.25, 0.3) is 5.56 Å². The zero-order chi connectivity index (χ0) is 31.5. The lowest BCUT2D eigenvalue weighted by Gasteiger charge is -2.17. The van der Waals surface area contributed by atoms with E-state index in [0.29, 0.717) is 41.4 Å². The van der Waals surface area contributed by atoms with Crippen LogP contribution in [0.3, 0.4) is 0 Å². The van der Waals surface area contributed by atoms with Gasteiger partial charge in [-0.25, -0.2) is 27.9 Å². The summed E-state index contributed by atoms with van der Waals surface area (Å²) in [4.78, 5) is 46.9. The number of urea groups is 1. The highest BCUT2D eigenvalue weighted by molar-refractivity contribution is 7.22. The number of ether oxygens (including phenoxy) is 1. The highest BCUT2D eigenvalue weighted by Gasteiger charge is 2.26. The molecule has 0 saturated heterocycles. The molecule has 0 fully saturated rings. The van der Waals surface area contributed by atoms with Crippen LogP contribution in [0.5, 0.6) is 0 Å². The second kappa shape index (κ2) is 12.9. The molecule has 228 valence electrons. The number of nitrogens with one attached hydrogen (secondary N) is 1. The largest absolute Gasteiger partial charge is 0.383 e. The smallest absolute Gasteiger partial charge is 0.338 e. The molecule has 0 saturated carbocycles. The molecule has 0 radical (unpaired) electrons. The van der Waals surface area contributed by atoms with Crippen molar-refractivity contribution in [3.63, 3.8) is 0 Å². The first-order valence-electron chi connectivity index (χ1n) is 13.6. The molecule has 0 unspecified atom stereocenters. The van der Waals surface area contributed by atoms with Gasteiger partial charge in [-0.05, 0) is 61.0 Å². The van der Waals surface area contributed by atoms with Gasteiger partial charge in [0.15, 0.2) is 0 Å². The number of primary amides is 1. The normalized spacial score (nSPS) is 11.4. The number of anilines is 1. The molecular formula is C31H30F2N6O4S. The SMILES string of the molecule is COCCN(C)Cc1c(-c2ccc(NC(N)=O)cc2)sc2c1c(=O)n(-c1ccc(C)cn1)c(=O)n2Cc1c(F)cccc1F. The van der Waals surface area contributed by atoms with Crippen molar-refractivity contribution in [1.82, 2.24) is 19.0 Å². The number of benzene rings is 2. The van der Waals surface area contributed by atoms with Crippen molar-refractivity contribution in [1.29, 1.82) is 0 Å². The van der Waals surface area contributed by atoms with Crippen molar-refractivity contribution < 1.29 is 18.3 Å². The lowest BCUT2D eigenvalue weighted by atomic mass is 10.1. The molecule has 2 aromatic carbocycles. The number of hydrogen-bond donors (Lipinski definition) is 2. The maximum absolute atomic E-state index is 14.9. The number of nitrogens with zero attached hydrogens (tertiary/aromatic N) is 4. The van der Waals surface area contributed by atoms with E-state index in [0.717, 1.165) is 22.3 Å². The number of carbonyl (C=O) groups is 1. The van der Waals surface area contributed by atoms with E-state index >= 15 is 0 Å². The highest BCUT2D eigenvalue weighted by atomic mass is 32.1. The fraction of sp³-hybridized carbons (Fsp3) is 0.226. The third-order valence-electron chi connectivity index (χ3n) is 7.10. The molecule has 0 bridgehead atoms. The number of pyridine rings is 1. The molecule has 0 aliphatic heterocycles. The van der Waals surface area contributed by atoms with E-state index in [4.69, 9.17) is 10.5 Å². The Morgan fingerprint density at radius 3 is 2.39 bits per heavy atom. The first-order chi connectivity index (χ1) is 21.1. The van der Waals surface area contributed by atoms with E-state index in [1.807, 2.05) is 18.9 Å². The number of fused-ring (bicyclic) bond motifs is 1. The predicted molar refractivity (Wildman–Crippen MR) is 167 cm³/mol. The molecule has 0 spiro atoms. The van der Waals surface area contributed by atoms with Crippen LogP contribution in [-0.2, 0) is 17.8 Å². The summed E-state index contributed by atoms with van der Waals surface area (Å²) in [6.45, 7) is 2.65. The van der Waals surface area contributed by atoms with Gasteiger partial charge in [-0.3, -0.25) is 14.3 Å². The van der Waals surface area contributed by atoms with Gasteiger partial charge in [0.1, 0.15) is 22.3 Å². The van der Waals surface area contributed by atoms with Crippen molar-refractivity contribution in [2.45, 2.75) is 20.0 Å².